The van der Waals surface area contributed by atoms with E-state index in [1.54, 1.807) is 35.7 Å². The normalized spacial score (nSPS) is 10.8. The van der Waals surface area contributed by atoms with Gasteiger partial charge in [-0.3, -0.25) is 4.79 Å². The van der Waals surface area contributed by atoms with E-state index in [4.69, 9.17) is 4.74 Å². The summed E-state index contributed by atoms with van der Waals surface area (Å²) in [5.41, 5.74) is 3.90. The molecule has 8 nitrogen and oxygen atoms in total. The minimum atomic E-state index is -1.10. The van der Waals surface area contributed by atoms with Gasteiger partial charge >= 0.3 is 5.97 Å². The first-order chi connectivity index (χ1) is 14.9. The second-order valence-corrected chi connectivity index (χ2v) is 7.62. The van der Waals surface area contributed by atoms with Crippen molar-refractivity contribution in [2.75, 3.05) is 12.4 Å². The number of amides is 1. The second kappa shape index (κ2) is 8.19. The molecule has 156 valence electrons. The number of methoxy groups -OCH3 is 1. The number of carbonyl (C=O) groups excluding carboxylic acids is 1. The first-order valence-corrected chi connectivity index (χ1v) is 10.00. The minimum Gasteiger partial charge on any atom is -0.495 e. The lowest BCUT2D eigenvalue weighted by atomic mass is 10.0. The van der Waals surface area contributed by atoms with Crippen LogP contribution in [0, 0.1) is 6.92 Å². The smallest absolute Gasteiger partial charge is 0.339 e. The Morgan fingerprint density at radius 1 is 1.16 bits per heavy atom. The zero-order valence-corrected chi connectivity index (χ0v) is 18.2. The second-order valence-electron chi connectivity index (χ2n) is 6.76. The number of aromatic carboxylic acids is 1. The highest BCUT2D eigenvalue weighted by Gasteiger charge is 2.18. The maximum atomic E-state index is 12.9. The van der Waals surface area contributed by atoms with Crippen LogP contribution in [0.2, 0.25) is 0 Å². The number of benzene rings is 2. The number of carboxylic acids is 1. The molecule has 0 atom stereocenters. The van der Waals surface area contributed by atoms with E-state index in [1.165, 1.54) is 19.5 Å². The predicted octanol–water partition coefficient (Wildman–Crippen LogP) is 4.43. The largest absolute Gasteiger partial charge is 0.495 e. The molecule has 0 bridgehead atoms. The number of hydrogen-bond donors (Lipinski definition) is 2. The van der Waals surface area contributed by atoms with Gasteiger partial charge in [0.15, 0.2) is 5.65 Å². The minimum absolute atomic E-state index is 0.0362. The third-order valence-corrected chi connectivity index (χ3v) is 5.46. The molecular formula is C22H17BrN4O4. The van der Waals surface area contributed by atoms with Gasteiger partial charge in [0.05, 0.1) is 11.6 Å². The SMILES string of the molecule is COc1c(C(=O)O)ccc(NC(=O)c2cccc(-c3cc(Br)c4ncnn4c3)c2)c1C. The van der Waals surface area contributed by atoms with E-state index >= 15 is 0 Å². The number of nitrogens with one attached hydrogen (secondary N) is 1. The average molecular weight is 481 g/mol. The van der Waals surface area contributed by atoms with Crippen molar-refractivity contribution in [1.29, 1.82) is 0 Å². The van der Waals surface area contributed by atoms with Crippen LogP contribution in [0.3, 0.4) is 0 Å². The van der Waals surface area contributed by atoms with Crippen molar-refractivity contribution in [3.63, 3.8) is 0 Å². The molecule has 2 N–H and O–H groups in total. The molecule has 31 heavy (non-hydrogen) atoms. The standard InChI is InChI=1S/C22H17BrN4O4/c1-12-18(7-6-16(22(29)30)19(12)31-2)26-21(28)14-5-3-4-13(8-14)15-9-17(23)20-24-11-25-27(20)10-15/h3-11H,1-2H3,(H,26,28)(H,29,30). The Morgan fingerprint density at radius 3 is 2.71 bits per heavy atom. The van der Waals surface area contributed by atoms with Crippen LogP contribution in [-0.4, -0.2) is 38.7 Å². The summed E-state index contributed by atoms with van der Waals surface area (Å²) in [5, 5.41) is 16.3. The number of fused-ring (bicyclic) bond motifs is 1. The van der Waals surface area contributed by atoms with Crippen LogP contribution >= 0.6 is 15.9 Å². The van der Waals surface area contributed by atoms with Crippen LogP contribution in [0.25, 0.3) is 16.8 Å². The highest BCUT2D eigenvalue weighted by Crippen LogP contribution is 2.31. The van der Waals surface area contributed by atoms with Crippen molar-refractivity contribution in [3.05, 3.63) is 76.2 Å². The van der Waals surface area contributed by atoms with Gasteiger partial charge < -0.3 is 15.2 Å². The molecule has 4 aromatic rings. The maximum absolute atomic E-state index is 12.9. The van der Waals surface area contributed by atoms with E-state index in [1.807, 2.05) is 18.3 Å². The summed E-state index contributed by atoms with van der Waals surface area (Å²) in [6.07, 6.45) is 3.31. The number of ether oxygens (including phenoxy) is 1. The third kappa shape index (κ3) is 3.87. The summed E-state index contributed by atoms with van der Waals surface area (Å²) in [6.45, 7) is 1.70. The summed E-state index contributed by atoms with van der Waals surface area (Å²) in [4.78, 5) is 28.4. The number of carbonyl (C=O) groups is 2. The number of anilines is 1. The lowest BCUT2D eigenvalue weighted by Crippen LogP contribution is -2.14. The van der Waals surface area contributed by atoms with Crippen molar-refractivity contribution in [1.82, 2.24) is 14.6 Å². The van der Waals surface area contributed by atoms with Crippen molar-refractivity contribution >= 4 is 39.1 Å². The van der Waals surface area contributed by atoms with Gasteiger partial charge in [0.1, 0.15) is 17.6 Å². The van der Waals surface area contributed by atoms with Gasteiger partial charge in [0.2, 0.25) is 0 Å². The van der Waals surface area contributed by atoms with Crippen molar-refractivity contribution < 1.29 is 19.4 Å². The third-order valence-electron chi connectivity index (χ3n) is 4.88. The Balaban J connectivity index is 1.65. The highest BCUT2D eigenvalue weighted by molar-refractivity contribution is 9.10. The van der Waals surface area contributed by atoms with Gasteiger partial charge in [0.25, 0.3) is 5.91 Å². The van der Waals surface area contributed by atoms with Gasteiger partial charge in [-0.05, 0) is 58.7 Å². The lowest BCUT2D eigenvalue weighted by Gasteiger charge is -2.14. The van der Waals surface area contributed by atoms with Crippen LogP contribution < -0.4 is 10.1 Å². The molecule has 9 heteroatoms. The quantitative estimate of drug-likeness (QED) is 0.437. The molecule has 4 rings (SSSR count). The number of carboxylic acid groups (broad SMARTS) is 1. The van der Waals surface area contributed by atoms with Crippen LogP contribution in [-0.2, 0) is 0 Å². The van der Waals surface area contributed by atoms with Crippen LogP contribution in [0.4, 0.5) is 5.69 Å². The molecule has 0 aliphatic rings. The van der Waals surface area contributed by atoms with Crippen LogP contribution in [0.1, 0.15) is 26.3 Å². The molecule has 0 unspecified atom stereocenters. The topological polar surface area (TPSA) is 106 Å². The summed E-state index contributed by atoms with van der Waals surface area (Å²) >= 11 is 3.50. The molecule has 0 saturated carbocycles. The first-order valence-electron chi connectivity index (χ1n) is 9.20. The fourth-order valence-electron chi connectivity index (χ4n) is 3.34. The maximum Gasteiger partial charge on any atom is 0.339 e. The molecule has 0 aliphatic carbocycles. The number of nitrogens with zero attached hydrogens (tertiary/aromatic N) is 3. The highest BCUT2D eigenvalue weighted by atomic mass is 79.9. The molecule has 1 amide bonds. The zero-order chi connectivity index (χ0) is 22.1. The van der Waals surface area contributed by atoms with Gasteiger partial charge in [-0.1, -0.05) is 12.1 Å². The van der Waals surface area contributed by atoms with Crippen molar-refractivity contribution in [2.24, 2.45) is 0 Å². The van der Waals surface area contributed by atoms with Gasteiger partial charge in [-0.2, -0.15) is 5.10 Å². The van der Waals surface area contributed by atoms with E-state index in [-0.39, 0.29) is 17.2 Å². The fourth-order valence-corrected chi connectivity index (χ4v) is 3.87. The van der Waals surface area contributed by atoms with Crippen molar-refractivity contribution in [2.45, 2.75) is 6.92 Å². The summed E-state index contributed by atoms with van der Waals surface area (Å²) in [5.74, 6) is -1.21. The number of rotatable bonds is 5. The molecule has 0 radical (unpaired) electrons. The number of halogens is 1. The van der Waals surface area contributed by atoms with Crippen LogP contribution in [0.5, 0.6) is 5.75 Å². The molecule has 0 spiro atoms. The first kappa shape index (κ1) is 20.5. The number of pyridine rings is 1. The van der Waals surface area contributed by atoms with Gasteiger partial charge in [-0.25, -0.2) is 14.3 Å². The molecule has 0 saturated heterocycles. The molecule has 0 fully saturated rings. The fraction of sp³-hybridized carbons (Fsp3) is 0.0909. The van der Waals surface area contributed by atoms with Crippen LogP contribution in [0.15, 0.2) is 59.5 Å². The molecular weight excluding hydrogens is 464 g/mol. The Hall–Kier alpha value is -3.72. The Kier molecular flexibility index (Phi) is 5.43. The van der Waals surface area contributed by atoms with E-state index in [2.05, 4.69) is 31.3 Å². The Labute approximate surface area is 185 Å². The molecule has 2 heterocycles. The van der Waals surface area contributed by atoms with Gasteiger partial charge in [-0.15, -0.1) is 0 Å². The Morgan fingerprint density at radius 2 is 1.97 bits per heavy atom. The molecule has 2 aromatic heterocycles. The lowest BCUT2D eigenvalue weighted by molar-refractivity contribution is 0.0693. The summed E-state index contributed by atoms with van der Waals surface area (Å²) in [7, 11) is 1.40. The number of hydrogen-bond acceptors (Lipinski definition) is 5. The summed E-state index contributed by atoms with van der Waals surface area (Å²) < 4.78 is 7.68. The van der Waals surface area contributed by atoms with E-state index in [0.29, 0.717) is 22.5 Å². The van der Waals surface area contributed by atoms with Crippen molar-refractivity contribution in [3.8, 4) is 16.9 Å². The van der Waals surface area contributed by atoms with E-state index < -0.39 is 5.97 Å². The zero-order valence-electron chi connectivity index (χ0n) is 16.6. The molecule has 2 aromatic carbocycles. The monoisotopic (exact) mass is 480 g/mol. The molecule has 0 aliphatic heterocycles. The predicted molar refractivity (Wildman–Crippen MR) is 119 cm³/mol. The average Bonchev–Trinajstić information content (AvgIpc) is 3.24. The summed E-state index contributed by atoms with van der Waals surface area (Å²) in [6, 6.07) is 12.1. The number of aromatic nitrogens is 3. The Bertz CT molecular complexity index is 1330. The van der Waals surface area contributed by atoms with E-state index in [0.717, 1.165) is 15.6 Å². The van der Waals surface area contributed by atoms with Gasteiger partial charge in [0, 0.05) is 28.6 Å². The van der Waals surface area contributed by atoms with E-state index in [9.17, 15) is 14.7 Å².